The Hall–Kier alpha value is -1.43. The lowest BCUT2D eigenvalue weighted by Crippen LogP contribution is -2.30. The number of nitrogens with one attached hydrogen (secondary N) is 1. The van der Waals surface area contributed by atoms with Crippen LogP contribution >= 0.6 is 0 Å². The first-order chi connectivity index (χ1) is 6.17. The number of hydrogen-bond acceptors (Lipinski definition) is 6. The van der Waals surface area contributed by atoms with Crippen LogP contribution in [0.15, 0.2) is 5.10 Å². The second kappa shape index (κ2) is 6.13. The summed E-state index contributed by atoms with van der Waals surface area (Å²) in [7, 11) is 4.00. The minimum atomic E-state index is -0.781. The summed E-state index contributed by atoms with van der Waals surface area (Å²) < 4.78 is 8.91. The molecule has 74 valence electrons. The fraction of sp³-hybridized carbons (Fsp3) is 0.571. The molecule has 0 rings (SSSR count). The second-order valence-electron chi connectivity index (χ2n) is 2.03. The lowest BCUT2D eigenvalue weighted by Gasteiger charge is -2.01. The van der Waals surface area contributed by atoms with Crippen LogP contribution in [0.25, 0.3) is 0 Å². The SMILES string of the molecule is CN/N=C(\C(=O)COC)C(=O)OC. The van der Waals surface area contributed by atoms with E-state index in [2.05, 4.69) is 20.0 Å². The molecular formula is C7H12N2O4. The number of hydrogen-bond donors (Lipinski definition) is 1. The van der Waals surface area contributed by atoms with Gasteiger partial charge in [0.2, 0.25) is 11.5 Å². The molecule has 0 aliphatic rings. The number of carbonyl (C=O) groups is 2. The molecule has 0 spiro atoms. The van der Waals surface area contributed by atoms with E-state index in [1.54, 1.807) is 0 Å². The average Bonchev–Trinajstić information content (AvgIpc) is 2.13. The number of rotatable bonds is 5. The van der Waals surface area contributed by atoms with Crippen LogP contribution in [-0.2, 0) is 19.1 Å². The highest BCUT2D eigenvalue weighted by molar-refractivity contribution is 6.64. The number of ether oxygens (including phenoxy) is 2. The molecule has 0 saturated carbocycles. The molecule has 6 heteroatoms. The van der Waals surface area contributed by atoms with Crippen molar-refractivity contribution in [3.8, 4) is 0 Å². The Morgan fingerprint density at radius 2 is 2.00 bits per heavy atom. The van der Waals surface area contributed by atoms with Crippen molar-refractivity contribution in [2.24, 2.45) is 5.10 Å². The van der Waals surface area contributed by atoms with Crippen molar-refractivity contribution < 1.29 is 19.1 Å². The van der Waals surface area contributed by atoms with E-state index in [0.29, 0.717) is 0 Å². The third-order valence-corrected chi connectivity index (χ3v) is 1.14. The van der Waals surface area contributed by atoms with Crippen molar-refractivity contribution in [2.45, 2.75) is 0 Å². The molecule has 6 nitrogen and oxygen atoms in total. The first-order valence-corrected chi connectivity index (χ1v) is 3.52. The van der Waals surface area contributed by atoms with Crippen molar-refractivity contribution in [3.05, 3.63) is 0 Å². The molecule has 0 saturated heterocycles. The summed E-state index contributed by atoms with van der Waals surface area (Å²) in [4.78, 5) is 22.1. The van der Waals surface area contributed by atoms with E-state index in [-0.39, 0.29) is 12.3 Å². The normalized spacial score (nSPS) is 10.8. The Balaban J connectivity index is 4.52. The van der Waals surface area contributed by atoms with Gasteiger partial charge in [0.1, 0.15) is 6.61 Å². The average molecular weight is 188 g/mol. The summed E-state index contributed by atoms with van der Waals surface area (Å²) >= 11 is 0. The zero-order valence-corrected chi connectivity index (χ0v) is 7.79. The van der Waals surface area contributed by atoms with Gasteiger partial charge in [-0.25, -0.2) is 4.79 Å². The highest BCUT2D eigenvalue weighted by Gasteiger charge is 2.20. The first-order valence-electron chi connectivity index (χ1n) is 3.52. The molecular weight excluding hydrogens is 176 g/mol. The lowest BCUT2D eigenvalue weighted by atomic mass is 10.2. The fourth-order valence-corrected chi connectivity index (χ4v) is 0.630. The van der Waals surface area contributed by atoms with Gasteiger partial charge in [-0.05, 0) is 0 Å². The molecule has 1 N–H and O–H groups in total. The Kier molecular flexibility index (Phi) is 5.45. The van der Waals surface area contributed by atoms with Gasteiger partial charge in [0.05, 0.1) is 7.11 Å². The topological polar surface area (TPSA) is 77.0 Å². The summed E-state index contributed by atoms with van der Waals surface area (Å²) in [6, 6.07) is 0. The number of hydrazone groups is 1. The van der Waals surface area contributed by atoms with E-state index < -0.39 is 11.8 Å². The highest BCUT2D eigenvalue weighted by atomic mass is 16.5. The third-order valence-electron chi connectivity index (χ3n) is 1.14. The van der Waals surface area contributed by atoms with Gasteiger partial charge in [-0.15, -0.1) is 0 Å². The minimum Gasteiger partial charge on any atom is -0.464 e. The van der Waals surface area contributed by atoms with E-state index in [1.165, 1.54) is 21.3 Å². The quantitative estimate of drug-likeness (QED) is 0.258. The molecule has 0 aromatic carbocycles. The Morgan fingerprint density at radius 1 is 1.38 bits per heavy atom. The zero-order chi connectivity index (χ0) is 10.3. The van der Waals surface area contributed by atoms with Crippen LogP contribution in [0.4, 0.5) is 0 Å². The number of ketones is 1. The zero-order valence-electron chi connectivity index (χ0n) is 7.79. The molecule has 0 aliphatic carbocycles. The maximum atomic E-state index is 11.1. The van der Waals surface area contributed by atoms with Crippen LogP contribution < -0.4 is 5.43 Å². The molecule has 0 fully saturated rings. The molecule has 0 radical (unpaired) electrons. The maximum Gasteiger partial charge on any atom is 0.362 e. The van der Waals surface area contributed by atoms with E-state index >= 15 is 0 Å². The van der Waals surface area contributed by atoms with E-state index in [1.807, 2.05) is 0 Å². The monoisotopic (exact) mass is 188 g/mol. The summed E-state index contributed by atoms with van der Waals surface area (Å²) in [5, 5.41) is 3.48. The van der Waals surface area contributed by atoms with Gasteiger partial charge >= 0.3 is 5.97 Å². The molecule has 0 unspecified atom stereocenters. The number of Topliss-reactive ketones (excluding diaryl/α,β-unsaturated/α-hetero) is 1. The maximum absolute atomic E-state index is 11.1. The van der Waals surface area contributed by atoms with E-state index in [4.69, 9.17) is 0 Å². The van der Waals surface area contributed by atoms with Crippen molar-refractivity contribution in [3.63, 3.8) is 0 Å². The van der Waals surface area contributed by atoms with Gasteiger partial charge in [-0.3, -0.25) is 4.79 Å². The van der Waals surface area contributed by atoms with Crippen LogP contribution in [-0.4, -0.2) is 45.3 Å². The fourth-order valence-electron chi connectivity index (χ4n) is 0.630. The Morgan fingerprint density at radius 3 is 2.38 bits per heavy atom. The predicted molar refractivity (Wildman–Crippen MR) is 45.4 cm³/mol. The molecule has 0 heterocycles. The molecule has 0 aromatic heterocycles. The molecule has 0 aliphatic heterocycles. The Labute approximate surface area is 75.9 Å². The lowest BCUT2D eigenvalue weighted by molar-refractivity contribution is -0.133. The number of nitrogens with zero attached hydrogens (tertiary/aromatic N) is 1. The van der Waals surface area contributed by atoms with Crippen LogP contribution in [0.3, 0.4) is 0 Å². The van der Waals surface area contributed by atoms with Gasteiger partial charge in [-0.2, -0.15) is 5.10 Å². The van der Waals surface area contributed by atoms with Gasteiger partial charge in [-0.1, -0.05) is 0 Å². The summed E-state index contributed by atoms with van der Waals surface area (Å²) in [5.74, 6) is -1.31. The van der Waals surface area contributed by atoms with Crippen LogP contribution in [0.1, 0.15) is 0 Å². The predicted octanol–water partition coefficient (Wildman–Crippen LogP) is -1.05. The number of methoxy groups -OCH3 is 2. The highest BCUT2D eigenvalue weighted by Crippen LogP contribution is 1.86. The van der Waals surface area contributed by atoms with Crippen LogP contribution in [0.2, 0.25) is 0 Å². The smallest absolute Gasteiger partial charge is 0.362 e. The summed E-state index contributed by atoms with van der Waals surface area (Å²) in [6.45, 7) is -0.199. The van der Waals surface area contributed by atoms with Crippen LogP contribution in [0.5, 0.6) is 0 Å². The van der Waals surface area contributed by atoms with Gasteiger partial charge < -0.3 is 14.9 Å². The van der Waals surface area contributed by atoms with Crippen LogP contribution in [0, 0.1) is 0 Å². The van der Waals surface area contributed by atoms with Crippen molar-refractivity contribution >= 4 is 17.5 Å². The molecule has 13 heavy (non-hydrogen) atoms. The van der Waals surface area contributed by atoms with Crippen molar-refractivity contribution in [1.82, 2.24) is 5.43 Å². The van der Waals surface area contributed by atoms with Gasteiger partial charge in [0.25, 0.3) is 0 Å². The Bertz CT molecular complexity index is 225. The minimum absolute atomic E-state index is 0.199. The standard InChI is InChI=1S/C7H12N2O4/c1-8-9-6(7(11)13-3)5(10)4-12-2/h8H,4H2,1-3H3/b9-6+. The van der Waals surface area contributed by atoms with Crippen molar-refractivity contribution in [1.29, 1.82) is 0 Å². The summed E-state index contributed by atoms with van der Waals surface area (Å²) in [6.07, 6.45) is 0. The molecule has 0 amide bonds. The van der Waals surface area contributed by atoms with Gasteiger partial charge in [0.15, 0.2) is 0 Å². The molecule has 0 atom stereocenters. The molecule has 0 aromatic rings. The second-order valence-corrected chi connectivity index (χ2v) is 2.03. The van der Waals surface area contributed by atoms with Gasteiger partial charge in [0, 0.05) is 14.2 Å². The first kappa shape index (κ1) is 11.6. The van der Waals surface area contributed by atoms with E-state index in [0.717, 1.165) is 0 Å². The van der Waals surface area contributed by atoms with Crippen molar-refractivity contribution in [2.75, 3.05) is 27.9 Å². The number of esters is 1. The largest absolute Gasteiger partial charge is 0.464 e. The third kappa shape index (κ3) is 3.66. The number of carbonyl (C=O) groups excluding carboxylic acids is 2. The summed E-state index contributed by atoms with van der Waals surface area (Å²) in [5.41, 5.74) is 2.03. The molecule has 0 bridgehead atoms. The van der Waals surface area contributed by atoms with E-state index in [9.17, 15) is 9.59 Å².